The molecule has 0 unspecified atom stereocenters. The summed E-state index contributed by atoms with van der Waals surface area (Å²) in [6.07, 6.45) is 8.12. The van der Waals surface area contributed by atoms with E-state index in [1.54, 1.807) is 0 Å². The Balaban J connectivity index is 1.56. The molecular weight excluding hydrogens is 356 g/mol. The highest BCUT2D eigenvalue weighted by Crippen LogP contribution is 2.31. The Hall–Kier alpha value is -2.18. The van der Waals surface area contributed by atoms with Gasteiger partial charge in [0.1, 0.15) is 5.82 Å². The van der Waals surface area contributed by atoms with Crippen molar-refractivity contribution in [3.63, 3.8) is 0 Å². The SMILES string of the molecule is CCC(=O)N1CCCC[C@@H]1c1nc2c(c(=O)[nH]1)CN(C(=O)C1CCCC1)CC2. The predicted octanol–water partition coefficient (Wildman–Crippen LogP) is 2.31. The van der Waals surface area contributed by atoms with Gasteiger partial charge in [0.05, 0.1) is 23.8 Å². The number of amides is 2. The number of H-pyrrole nitrogens is 1. The molecule has 3 heterocycles. The number of nitrogens with one attached hydrogen (secondary N) is 1. The Kier molecular flexibility index (Phi) is 5.51. The first-order valence-corrected chi connectivity index (χ1v) is 10.8. The average Bonchev–Trinajstić information content (AvgIpc) is 3.27. The third-order valence-electron chi connectivity index (χ3n) is 6.54. The smallest absolute Gasteiger partial charge is 0.256 e. The highest BCUT2D eigenvalue weighted by atomic mass is 16.2. The monoisotopic (exact) mass is 386 g/mol. The number of aromatic amines is 1. The number of likely N-dealkylation sites (tertiary alicyclic amines) is 1. The van der Waals surface area contributed by atoms with E-state index in [4.69, 9.17) is 4.98 Å². The van der Waals surface area contributed by atoms with Crippen LogP contribution in [0.4, 0.5) is 0 Å². The first-order valence-electron chi connectivity index (χ1n) is 10.8. The summed E-state index contributed by atoms with van der Waals surface area (Å²) in [5, 5.41) is 0. The lowest BCUT2D eigenvalue weighted by Crippen LogP contribution is -2.43. The van der Waals surface area contributed by atoms with Gasteiger partial charge >= 0.3 is 0 Å². The first kappa shape index (κ1) is 19.2. The minimum atomic E-state index is -0.154. The normalized spacial score (nSPS) is 23.0. The Bertz CT molecular complexity index is 812. The second-order valence-corrected chi connectivity index (χ2v) is 8.32. The Morgan fingerprint density at radius 2 is 1.86 bits per heavy atom. The molecule has 0 bridgehead atoms. The summed E-state index contributed by atoms with van der Waals surface area (Å²) in [4.78, 5) is 49.3. The molecule has 1 atom stereocenters. The summed E-state index contributed by atoms with van der Waals surface area (Å²) in [5.74, 6) is 1.04. The van der Waals surface area contributed by atoms with Crippen LogP contribution in [-0.4, -0.2) is 44.7 Å². The molecule has 152 valence electrons. The summed E-state index contributed by atoms with van der Waals surface area (Å²) in [6, 6.07) is -0.141. The second kappa shape index (κ2) is 8.05. The van der Waals surface area contributed by atoms with Gasteiger partial charge in [-0.1, -0.05) is 19.8 Å². The molecule has 1 aliphatic carbocycles. The lowest BCUT2D eigenvalue weighted by molar-refractivity contribution is -0.136. The van der Waals surface area contributed by atoms with E-state index >= 15 is 0 Å². The van der Waals surface area contributed by atoms with Crippen LogP contribution in [0.1, 0.15) is 81.4 Å². The summed E-state index contributed by atoms with van der Waals surface area (Å²) >= 11 is 0. The molecule has 0 spiro atoms. The van der Waals surface area contributed by atoms with Crippen LogP contribution in [-0.2, 0) is 22.6 Å². The fourth-order valence-corrected chi connectivity index (χ4v) is 4.94. The van der Waals surface area contributed by atoms with Gasteiger partial charge in [-0.05, 0) is 32.1 Å². The minimum absolute atomic E-state index is 0.110. The molecule has 7 nitrogen and oxygen atoms in total. The topological polar surface area (TPSA) is 86.4 Å². The van der Waals surface area contributed by atoms with Gasteiger partial charge in [-0.3, -0.25) is 14.4 Å². The van der Waals surface area contributed by atoms with E-state index in [1.807, 2.05) is 16.7 Å². The average molecular weight is 386 g/mol. The van der Waals surface area contributed by atoms with Crippen LogP contribution in [0.3, 0.4) is 0 Å². The number of nitrogens with zero attached hydrogens (tertiary/aromatic N) is 3. The van der Waals surface area contributed by atoms with Crippen molar-refractivity contribution in [1.82, 2.24) is 19.8 Å². The Morgan fingerprint density at radius 1 is 1.11 bits per heavy atom. The highest BCUT2D eigenvalue weighted by molar-refractivity contribution is 5.79. The van der Waals surface area contributed by atoms with Crippen LogP contribution in [0.2, 0.25) is 0 Å². The standard InChI is InChI=1S/C21H30N4O3/c1-2-18(26)25-11-6-5-9-17(25)19-22-16-10-12-24(13-15(16)20(27)23-19)21(28)14-7-3-4-8-14/h14,17H,2-13H2,1H3,(H,22,23,27)/t17-/m1/s1. The van der Waals surface area contributed by atoms with Gasteiger partial charge in [0.2, 0.25) is 11.8 Å². The minimum Gasteiger partial charge on any atom is -0.337 e. The number of carbonyl (C=O) groups is 2. The summed E-state index contributed by atoms with van der Waals surface area (Å²) < 4.78 is 0. The highest BCUT2D eigenvalue weighted by Gasteiger charge is 2.33. The van der Waals surface area contributed by atoms with E-state index < -0.39 is 0 Å². The molecule has 1 N–H and O–H groups in total. The largest absolute Gasteiger partial charge is 0.337 e. The molecule has 7 heteroatoms. The Labute approximate surface area is 165 Å². The second-order valence-electron chi connectivity index (χ2n) is 8.32. The van der Waals surface area contributed by atoms with Gasteiger partial charge in [-0.25, -0.2) is 4.98 Å². The summed E-state index contributed by atoms with van der Waals surface area (Å²) in [5.41, 5.74) is 1.26. The fraction of sp³-hybridized carbons (Fsp3) is 0.714. The van der Waals surface area contributed by atoms with E-state index in [9.17, 15) is 14.4 Å². The van der Waals surface area contributed by atoms with Gasteiger partial charge in [0.25, 0.3) is 5.56 Å². The maximum Gasteiger partial charge on any atom is 0.256 e. The molecule has 28 heavy (non-hydrogen) atoms. The molecule has 0 radical (unpaired) electrons. The van der Waals surface area contributed by atoms with E-state index in [-0.39, 0.29) is 29.3 Å². The summed E-state index contributed by atoms with van der Waals surface area (Å²) in [6.45, 7) is 3.57. The fourth-order valence-electron chi connectivity index (χ4n) is 4.94. The van der Waals surface area contributed by atoms with Crippen LogP contribution in [0.5, 0.6) is 0 Å². The van der Waals surface area contributed by atoms with Crippen LogP contribution in [0.25, 0.3) is 0 Å². The van der Waals surface area contributed by atoms with Crippen LogP contribution < -0.4 is 5.56 Å². The van der Waals surface area contributed by atoms with E-state index in [0.29, 0.717) is 37.3 Å². The van der Waals surface area contributed by atoms with Crippen LogP contribution in [0.15, 0.2) is 4.79 Å². The number of rotatable bonds is 3. The number of carbonyl (C=O) groups excluding carboxylic acids is 2. The number of hydrogen-bond donors (Lipinski definition) is 1. The molecule has 1 aromatic rings. The van der Waals surface area contributed by atoms with Crippen molar-refractivity contribution in [2.24, 2.45) is 5.92 Å². The Morgan fingerprint density at radius 3 is 2.61 bits per heavy atom. The number of fused-ring (bicyclic) bond motifs is 1. The molecule has 1 aromatic heterocycles. The third-order valence-corrected chi connectivity index (χ3v) is 6.54. The number of hydrogen-bond acceptors (Lipinski definition) is 4. The molecule has 4 rings (SSSR count). The summed E-state index contributed by atoms with van der Waals surface area (Å²) in [7, 11) is 0. The maximum absolute atomic E-state index is 12.8. The molecule has 1 saturated heterocycles. The van der Waals surface area contributed by atoms with E-state index in [0.717, 1.165) is 57.2 Å². The first-order chi connectivity index (χ1) is 13.6. The van der Waals surface area contributed by atoms with Gasteiger partial charge < -0.3 is 14.8 Å². The van der Waals surface area contributed by atoms with Crippen molar-refractivity contribution in [3.8, 4) is 0 Å². The third kappa shape index (κ3) is 3.59. The lowest BCUT2D eigenvalue weighted by atomic mass is 9.99. The molecule has 0 aromatic carbocycles. The van der Waals surface area contributed by atoms with Crippen LogP contribution >= 0.6 is 0 Å². The maximum atomic E-state index is 12.8. The van der Waals surface area contributed by atoms with Gasteiger partial charge in [-0.2, -0.15) is 0 Å². The molecule has 2 fully saturated rings. The number of aromatic nitrogens is 2. The van der Waals surface area contributed by atoms with E-state index in [1.165, 1.54) is 0 Å². The van der Waals surface area contributed by atoms with Crippen LogP contribution in [0, 0.1) is 5.92 Å². The van der Waals surface area contributed by atoms with Crippen molar-refractivity contribution < 1.29 is 9.59 Å². The zero-order valence-corrected chi connectivity index (χ0v) is 16.7. The van der Waals surface area contributed by atoms with Gasteiger partial charge in [0, 0.05) is 31.8 Å². The number of piperidine rings is 1. The van der Waals surface area contributed by atoms with Crippen molar-refractivity contribution in [2.45, 2.75) is 77.3 Å². The molecule has 2 aliphatic heterocycles. The van der Waals surface area contributed by atoms with Gasteiger partial charge in [0.15, 0.2) is 0 Å². The zero-order chi connectivity index (χ0) is 19.7. The molecule has 2 amide bonds. The van der Waals surface area contributed by atoms with Crippen molar-refractivity contribution >= 4 is 11.8 Å². The van der Waals surface area contributed by atoms with E-state index in [2.05, 4.69) is 4.98 Å². The van der Waals surface area contributed by atoms with Crippen molar-refractivity contribution in [3.05, 3.63) is 27.4 Å². The quantitative estimate of drug-likeness (QED) is 0.864. The van der Waals surface area contributed by atoms with Gasteiger partial charge in [-0.15, -0.1) is 0 Å². The molecule has 1 saturated carbocycles. The van der Waals surface area contributed by atoms with Crippen molar-refractivity contribution in [1.29, 1.82) is 0 Å². The lowest BCUT2D eigenvalue weighted by Gasteiger charge is -2.36. The van der Waals surface area contributed by atoms with Crippen molar-refractivity contribution in [2.75, 3.05) is 13.1 Å². The zero-order valence-electron chi connectivity index (χ0n) is 16.7. The molecule has 3 aliphatic rings. The predicted molar refractivity (Wildman–Crippen MR) is 105 cm³/mol. The molecular formula is C21H30N4O3.